The first-order valence-corrected chi connectivity index (χ1v) is 10.5. The summed E-state index contributed by atoms with van der Waals surface area (Å²) in [5, 5.41) is 4.88. The van der Waals surface area contributed by atoms with E-state index in [1.165, 1.54) is 12.5 Å². The van der Waals surface area contributed by atoms with Crippen molar-refractivity contribution in [2.75, 3.05) is 7.05 Å². The predicted molar refractivity (Wildman–Crippen MR) is 105 cm³/mol. The Kier molecular flexibility index (Phi) is 6.23. The molecule has 0 amide bonds. The second-order valence-corrected chi connectivity index (χ2v) is 7.53. The van der Waals surface area contributed by atoms with Crippen LogP contribution in [0, 0.1) is 0 Å². The zero-order chi connectivity index (χ0) is 20.1. The van der Waals surface area contributed by atoms with Crippen LogP contribution in [0.4, 0.5) is 0 Å². The lowest BCUT2D eigenvalue weighted by atomic mass is 10.1. The number of aliphatic imine (C=N–C) groups is 1. The Labute approximate surface area is 161 Å². The highest BCUT2D eigenvalue weighted by molar-refractivity contribution is 7.46. The van der Waals surface area contributed by atoms with Crippen LogP contribution >= 0.6 is 7.82 Å². The molecule has 28 heavy (non-hydrogen) atoms. The van der Waals surface area contributed by atoms with E-state index in [0.717, 1.165) is 25.7 Å². The summed E-state index contributed by atoms with van der Waals surface area (Å²) < 4.78 is 17.9. The van der Waals surface area contributed by atoms with Gasteiger partial charge >= 0.3 is 7.82 Å². The van der Waals surface area contributed by atoms with Crippen molar-refractivity contribution >= 4 is 25.1 Å². The second-order valence-electron chi connectivity index (χ2n) is 6.36. The van der Waals surface area contributed by atoms with Crippen LogP contribution in [0.2, 0.25) is 0 Å². The molecule has 0 aromatic carbocycles. The molecule has 3 rings (SSSR count). The number of phosphoric ester groups is 1. The van der Waals surface area contributed by atoms with Crippen LogP contribution < -0.4 is 4.52 Å². The Morgan fingerprint density at radius 3 is 2.96 bits per heavy atom. The maximum Gasteiger partial charge on any atom is 0.524 e. The van der Waals surface area contributed by atoms with Gasteiger partial charge in [-0.15, -0.1) is 0 Å². The summed E-state index contributed by atoms with van der Waals surface area (Å²) in [6.45, 7) is 2.14. The standard InChI is InChI=1S/C17H23N6O4P/c1-3-4-5-13(6-7-18-2)23-10-12(8-22-23)16-15-14(27-28(24,25)26)9-19-17(15)21-11-20-16/h7-11,13H,3-6H2,1-2H3,(H,19,20,21)(H2,24,25,26). The first-order chi connectivity index (χ1) is 13.4. The number of nitrogens with one attached hydrogen (secondary N) is 1. The Morgan fingerprint density at radius 2 is 2.25 bits per heavy atom. The number of phosphoric acid groups is 1. The molecule has 11 heteroatoms. The number of nitrogens with zero attached hydrogens (tertiary/aromatic N) is 5. The first-order valence-electron chi connectivity index (χ1n) is 8.95. The third-order valence-electron chi connectivity index (χ3n) is 4.35. The fourth-order valence-corrected chi connectivity index (χ4v) is 3.44. The molecule has 0 radical (unpaired) electrons. The number of aromatic nitrogens is 5. The molecule has 0 aliphatic heterocycles. The lowest BCUT2D eigenvalue weighted by Gasteiger charge is -2.15. The van der Waals surface area contributed by atoms with Crippen LogP contribution in [0.15, 0.2) is 29.9 Å². The molecule has 0 fully saturated rings. The number of aromatic amines is 1. The summed E-state index contributed by atoms with van der Waals surface area (Å²) in [5.74, 6) is -0.00710. The predicted octanol–water partition coefficient (Wildman–Crippen LogP) is 3.11. The highest BCUT2D eigenvalue weighted by Crippen LogP contribution is 2.42. The first kappa shape index (κ1) is 20.2. The van der Waals surface area contributed by atoms with Crippen LogP contribution in [0.5, 0.6) is 5.75 Å². The Hall–Kier alpha value is -2.55. The average molecular weight is 406 g/mol. The van der Waals surface area contributed by atoms with Crippen molar-refractivity contribution in [2.24, 2.45) is 4.99 Å². The van der Waals surface area contributed by atoms with Gasteiger partial charge in [0.15, 0.2) is 5.75 Å². The van der Waals surface area contributed by atoms with Crippen LogP contribution in [-0.2, 0) is 4.57 Å². The van der Waals surface area contributed by atoms with Crippen molar-refractivity contribution in [3.63, 3.8) is 0 Å². The second kappa shape index (κ2) is 8.64. The van der Waals surface area contributed by atoms with Crippen LogP contribution in [0.1, 0.15) is 38.6 Å². The summed E-state index contributed by atoms with van der Waals surface area (Å²) in [6, 6.07) is 0.173. The van der Waals surface area contributed by atoms with Crippen molar-refractivity contribution in [1.29, 1.82) is 0 Å². The third kappa shape index (κ3) is 4.64. The zero-order valence-electron chi connectivity index (χ0n) is 15.7. The molecular formula is C17H23N6O4P. The minimum absolute atomic E-state index is 0.00710. The van der Waals surface area contributed by atoms with E-state index in [2.05, 4.69) is 32.0 Å². The smallest absolute Gasteiger partial charge is 0.402 e. The van der Waals surface area contributed by atoms with Gasteiger partial charge in [-0.2, -0.15) is 5.10 Å². The van der Waals surface area contributed by atoms with Gasteiger partial charge in [0.1, 0.15) is 12.0 Å². The quantitative estimate of drug-likeness (QED) is 0.366. The molecular weight excluding hydrogens is 383 g/mol. The lowest BCUT2D eigenvalue weighted by molar-refractivity contribution is 0.284. The van der Waals surface area contributed by atoms with Crippen molar-refractivity contribution in [1.82, 2.24) is 24.7 Å². The normalized spacial score (nSPS) is 13.4. The summed E-state index contributed by atoms with van der Waals surface area (Å²) in [5.41, 5.74) is 1.61. The molecule has 0 bridgehead atoms. The average Bonchev–Trinajstić information content (AvgIpc) is 3.28. The van der Waals surface area contributed by atoms with E-state index < -0.39 is 7.82 Å². The maximum atomic E-state index is 11.3. The monoisotopic (exact) mass is 406 g/mol. The van der Waals surface area contributed by atoms with Gasteiger partial charge in [-0.3, -0.25) is 14.5 Å². The summed E-state index contributed by atoms with van der Waals surface area (Å²) >= 11 is 0. The maximum absolute atomic E-state index is 11.3. The van der Waals surface area contributed by atoms with Crippen LogP contribution in [0.25, 0.3) is 22.3 Å². The number of unbranched alkanes of at least 4 members (excludes halogenated alkanes) is 1. The molecule has 1 unspecified atom stereocenters. The van der Waals surface area contributed by atoms with Gasteiger partial charge in [0.05, 0.1) is 23.3 Å². The molecule has 3 aromatic heterocycles. The topological polar surface area (TPSA) is 139 Å². The SMILES string of the molecule is CCCCC(CC=NC)n1cc(-c2ncnc3[nH]cc(OP(=O)(O)O)c23)cn1. The number of H-pyrrole nitrogens is 1. The number of rotatable bonds is 9. The molecule has 3 N–H and O–H groups in total. The van der Waals surface area contributed by atoms with Crippen LogP contribution in [-0.4, -0.2) is 47.8 Å². The van der Waals surface area contributed by atoms with E-state index >= 15 is 0 Å². The highest BCUT2D eigenvalue weighted by Gasteiger charge is 2.22. The van der Waals surface area contributed by atoms with Gasteiger partial charge < -0.3 is 14.5 Å². The Bertz CT molecular complexity index is 1010. The lowest BCUT2D eigenvalue weighted by Crippen LogP contribution is -2.10. The highest BCUT2D eigenvalue weighted by atomic mass is 31.2. The molecule has 0 aliphatic carbocycles. The number of hydrogen-bond donors (Lipinski definition) is 3. The van der Waals surface area contributed by atoms with E-state index in [9.17, 15) is 4.57 Å². The molecule has 0 saturated heterocycles. The molecule has 1 atom stereocenters. The van der Waals surface area contributed by atoms with E-state index in [4.69, 9.17) is 14.3 Å². The summed E-state index contributed by atoms with van der Waals surface area (Å²) in [7, 11) is -2.97. The molecule has 0 spiro atoms. The summed E-state index contributed by atoms with van der Waals surface area (Å²) in [4.78, 5) is 33.6. The van der Waals surface area contributed by atoms with Gasteiger partial charge in [0.2, 0.25) is 0 Å². The minimum atomic E-state index is -4.72. The molecule has 0 aliphatic rings. The van der Waals surface area contributed by atoms with Gasteiger partial charge in [-0.05, 0) is 6.42 Å². The van der Waals surface area contributed by atoms with Crippen molar-refractivity contribution < 1.29 is 18.9 Å². The zero-order valence-corrected chi connectivity index (χ0v) is 16.6. The Balaban J connectivity index is 1.99. The fraction of sp³-hybridized carbons (Fsp3) is 0.412. The molecule has 10 nitrogen and oxygen atoms in total. The van der Waals surface area contributed by atoms with Crippen LogP contribution in [0.3, 0.4) is 0 Å². The summed E-state index contributed by atoms with van der Waals surface area (Å²) in [6.07, 6.45) is 12.1. The van der Waals surface area contributed by atoms with E-state index in [1.807, 2.05) is 17.1 Å². The molecule has 0 saturated carbocycles. The van der Waals surface area contributed by atoms with Gasteiger partial charge in [0.25, 0.3) is 0 Å². The third-order valence-corrected chi connectivity index (χ3v) is 4.79. The van der Waals surface area contributed by atoms with E-state index in [-0.39, 0.29) is 11.8 Å². The Morgan fingerprint density at radius 1 is 1.43 bits per heavy atom. The van der Waals surface area contributed by atoms with Gasteiger partial charge in [-0.25, -0.2) is 14.5 Å². The van der Waals surface area contributed by atoms with Crippen molar-refractivity contribution in [3.8, 4) is 17.0 Å². The molecule has 3 heterocycles. The minimum Gasteiger partial charge on any atom is -0.402 e. The molecule has 150 valence electrons. The number of hydrogen-bond acceptors (Lipinski definition) is 6. The van der Waals surface area contributed by atoms with E-state index in [1.54, 1.807) is 13.2 Å². The molecule has 3 aromatic rings. The fourth-order valence-electron chi connectivity index (χ4n) is 3.04. The van der Waals surface area contributed by atoms with Crippen molar-refractivity contribution in [3.05, 3.63) is 24.9 Å². The van der Waals surface area contributed by atoms with Gasteiger partial charge in [-0.1, -0.05) is 19.8 Å². The van der Waals surface area contributed by atoms with E-state index in [0.29, 0.717) is 22.3 Å². The van der Waals surface area contributed by atoms with Crippen molar-refractivity contribution in [2.45, 2.75) is 38.6 Å². The largest absolute Gasteiger partial charge is 0.524 e. The number of fused-ring (bicyclic) bond motifs is 1. The van der Waals surface area contributed by atoms with Gasteiger partial charge in [0, 0.05) is 37.6 Å².